The van der Waals surface area contributed by atoms with Gasteiger partial charge in [-0.05, 0) is 97.4 Å². The molecule has 0 spiro atoms. The number of hydrogen-bond acceptors (Lipinski definition) is 2. The minimum absolute atomic E-state index is 0.874. The lowest BCUT2D eigenvalue weighted by atomic mass is 9.96. The molecule has 2 nitrogen and oxygen atoms in total. The van der Waals surface area contributed by atoms with E-state index in [-0.39, 0.29) is 0 Å². The van der Waals surface area contributed by atoms with Crippen molar-refractivity contribution in [3.63, 3.8) is 0 Å². The zero-order chi connectivity index (χ0) is 34.4. The molecule has 1 aromatic heterocycles. The second-order valence-electron chi connectivity index (χ2n) is 13.3. The second kappa shape index (κ2) is 12.5. The Hall–Kier alpha value is -6.90. The topological polar surface area (TPSA) is 16.4 Å². The third kappa shape index (κ3) is 5.12. The molecule has 0 saturated heterocycles. The number of furan rings is 1. The lowest BCUT2D eigenvalue weighted by molar-refractivity contribution is 0.669. The Kier molecular flexibility index (Phi) is 7.18. The average Bonchev–Trinajstić information content (AvgIpc) is 3.61. The first-order valence-electron chi connectivity index (χ1n) is 17.8. The zero-order valence-corrected chi connectivity index (χ0v) is 28.4. The molecule has 0 unspecified atom stereocenters. The standard InChI is InChI=1S/C50H33NO/c1-3-14-42-36(10-1)12-7-17-44(42)38-24-22-34(23-25-38)35-26-30-40(31-27-35)51(47-19-9-21-49-50(47)46-16-5-6-20-48(46)52-49)41-32-28-39(29-33-41)45-18-8-13-37-11-2-4-15-43(37)45/h1-33H. The highest BCUT2D eigenvalue weighted by atomic mass is 16.3. The Bertz CT molecular complexity index is 2870. The van der Waals surface area contributed by atoms with E-state index >= 15 is 0 Å². The van der Waals surface area contributed by atoms with Crippen LogP contribution in [0.15, 0.2) is 205 Å². The van der Waals surface area contributed by atoms with Crippen LogP contribution in [0.3, 0.4) is 0 Å². The summed E-state index contributed by atoms with van der Waals surface area (Å²) in [6, 6.07) is 71.7. The van der Waals surface area contributed by atoms with E-state index in [2.05, 4.69) is 193 Å². The van der Waals surface area contributed by atoms with Gasteiger partial charge in [-0.1, -0.05) is 158 Å². The van der Waals surface area contributed by atoms with Gasteiger partial charge in [0.05, 0.1) is 11.1 Å². The van der Waals surface area contributed by atoms with Gasteiger partial charge >= 0.3 is 0 Å². The molecular formula is C50H33NO. The van der Waals surface area contributed by atoms with Gasteiger partial charge in [-0.15, -0.1) is 0 Å². The first-order chi connectivity index (χ1) is 25.8. The summed E-state index contributed by atoms with van der Waals surface area (Å²) in [4.78, 5) is 2.35. The van der Waals surface area contributed by atoms with Crippen molar-refractivity contribution in [1.82, 2.24) is 0 Å². The third-order valence-corrected chi connectivity index (χ3v) is 10.3. The van der Waals surface area contributed by atoms with Crippen LogP contribution in [0, 0.1) is 0 Å². The van der Waals surface area contributed by atoms with E-state index in [4.69, 9.17) is 4.42 Å². The molecule has 0 saturated carbocycles. The van der Waals surface area contributed by atoms with Crippen molar-refractivity contribution in [2.24, 2.45) is 0 Å². The van der Waals surface area contributed by atoms with Gasteiger partial charge in [0.1, 0.15) is 11.2 Å². The summed E-state index contributed by atoms with van der Waals surface area (Å²) >= 11 is 0. The number of rotatable bonds is 6. The zero-order valence-electron chi connectivity index (χ0n) is 28.4. The summed E-state index contributed by atoms with van der Waals surface area (Å²) in [7, 11) is 0. The van der Waals surface area contributed by atoms with Crippen LogP contribution in [0.25, 0.3) is 76.9 Å². The molecule has 0 amide bonds. The summed E-state index contributed by atoms with van der Waals surface area (Å²) in [5.41, 5.74) is 12.2. The largest absolute Gasteiger partial charge is 0.456 e. The van der Waals surface area contributed by atoms with E-state index in [9.17, 15) is 0 Å². The van der Waals surface area contributed by atoms with Gasteiger partial charge in [-0.3, -0.25) is 0 Å². The number of benzene rings is 9. The molecule has 52 heavy (non-hydrogen) atoms. The normalized spacial score (nSPS) is 11.5. The van der Waals surface area contributed by atoms with Crippen LogP contribution >= 0.6 is 0 Å². The number of nitrogens with zero attached hydrogens (tertiary/aromatic N) is 1. The molecule has 0 atom stereocenters. The molecule has 0 bridgehead atoms. The Morgan fingerprint density at radius 1 is 0.308 bits per heavy atom. The monoisotopic (exact) mass is 663 g/mol. The fourth-order valence-electron chi connectivity index (χ4n) is 7.76. The molecule has 0 N–H and O–H groups in total. The fraction of sp³-hybridized carbons (Fsp3) is 0. The van der Waals surface area contributed by atoms with E-state index in [1.54, 1.807) is 0 Å². The molecule has 244 valence electrons. The van der Waals surface area contributed by atoms with Gasteiger partial charge in [-0.2, -0.15) is 0 Å². The van der Waals surface area contributed by atoms with E-state index in [0.717, 1.165) is 39.0 Å². The van der Waals surface area contributed by atoms with Crippen molar-refractivity contribution in [2.45, 2.75) is 0 Å². The van der Waals surface area contributed by atoms with E-state index < -0.39 is 0 Å². The highest BCUT2D eigenvalue weighted by Crippen LogP contribution is 2.44. The SMILES string of the molecule is c1ccc2c(-c3ccc(-c4ccc(N(c5ccc(-c6cccc7ccccc67)cc5)c5cccc6oc7ccccc7c56)cc4)cc3)cccc2c1. The van der Waals surface area contributed by atoms with E-state index in [0.29, 0.717) is 0 Å². The van der Waals surface area contributed by atoms with Gasteiger partial charge in [0.2, 0.25) is 0 Å². The number of hydrogen-bond donors (Lipinski definition) is 0. The molecule has 0 aliphatic carbocycles. The summed E-state index contributed by atoms with van der Waals surface area (Å²) in [6.07, 6.45) is 0. The van der Waals surface area contributed by atoms with Gasteiger partial charge in [0.15, 0.2) is 0 Å². The Morgan fingerprint density at radius 3 is 1.33 bits per heavy atom. The predicted molar refractivity (Wildman–Crippen MR) is 220 cm³/mol. The predicted octanol–water partition coefficient (Wildman–Crippen LogP) is 14.4. The average molecular weight is 664 g/mol. The quantitative estimate of drug-likeness (QED) is 0.176. The van der Waals surface area contributed by atoms with Gasteiger partial charge in [0.25, 0.3) is 0 Å². The maximum absolute atomic E-state index is 6.35. The molecule has 10 aromatic rings. The summed E-state index contributed by atoms with van der Waals surface area (Å²) < 4.78 is 6.35. The van der Waals surface area contributed by atoms with Gasteiger partial charge < -0.3 is 9.32 Å². The number of anilines is 3. The molecule has 1 heterocycles. The van der Waals surface area contributed by atoms with Crippen molar-refractivity contribution >= 4 is 60.5 Å². The highest BCUT2D eigenvalue weighted by Gasteiger charge is 2.19. The van der Waals surface area contributed by atoms with Crippen LogP contribution in [0.5, 0.6) is 0 Å². The molecule has 2 heteroatoms. The van der Waals surface area contributed by atoms with Crippen molar-refractivity contribution in [1.29, 1.82) is 0 Å². The Labute approximate surface area is 302 Å². The van der Waals surface area contributed by atoms with Crippen molar-refractivity contribution < 1.29 is 4.42 Å². The Balaban J connectivity index is 1.06. The molecule has 0 radical (unpaired) electrons. The van der Waals surface area contributed by atoms with Crippen LogP contribution in [-0.2, 0) is 0 Å². The molecule has 0 fully saturated rings. The fourth-order valence-corrected chi connectivity index (χ4v) is 7.76. The summed E-state index contributed by atoms with van der Waals surface area (Å²) in [5, 5.41) is 7.23. The minimum Gasteiger partial charge on any atom is -0.456 e. The maximum atomic E-state index is 6.35. The number of para-hydroxylation sites is 1. The second-order valence-corrected chi connectivity index (χ2v) is 13.3. The van der Waals surface area contributed by atoms with Crippen molar-refractivity contribution in [2.75, 3.05) is 4.90 Å². The van der Waals surface area contributed by atoms with Crippen molar-refractivity contribution in [3.05, 3.63) is 200 Å². The smallest absolute Gasteiger partial charge is 0.137 e. The molecule has 0 aliphatic rings. The summed E-state index contributed by atoms with van der Waals surface area (Å²) in [6.45, 7) is 0. The third-order valence-electron chi connectivity index (χ3n) is 10.3. The van der Waals surface area contributed by atoms with Crippen LogP contribution in [0.2, 0.25) is 0 Å². The van der Waals surface area contributed by atoms with Gasteiger partial charge in [-0.25, -0.2) is 0 Å². The first kappa shape index (κ1) is 30.0. The van der Waals surface area contributed by atoms with E-state index in [1.807, 2.05) is 12.1 Å². The lowest BCUT2D eigenvalue weighted by Crippen LogP contribution is -2.10. The number of fused-ring (bicyclic) bond motifs is 5. The van der Waals surface area contributed by atoms with Crippen LogP contribution in [0.1, 0.15) is 0 Å². The first-order valence-corrected chi connectivity index (χ1v) is 17.8. The maximum Gasteiger partial charge on any atom is 0.137 e. The molecule has 0 aliphatic heterocycles. The lowest BCUT2D eigenvalue weighted by Gasteiger charge is -2.26. The Morgan fingerprint density at radius 2 is 0.731 bits per heavy atom. The summed E-state index contributed by atoms with van der Waals surface area (Å²) in [5.74, 6) is 0. The molecular weight excluding hydrogens is 631 g/mol. The highest BCUT2D eigenvalue weighted by molar-refractivity contribution is 6.13. The van der Waals surface area contributed by atoms with Crippen LogP contribution in [0.4, 0.5) is 17.1 Å². The molecule has 10 rings (SSSR count). The van der Waals surface area contributed by atoms with E-state index in [1.165, 1.54) is 54.9 Å². The molecule has 9 aromatic carbocycles. The van der Waals surface area contributed by atoms with Crippen LogP contribution < -0.4 is 4.90 Å². The van der Waals surface area contributed by atoms with Crippen LogP contribution in [-0.4, -0.2) is 0 Å². The minimum atomic E-state index is 0.874. The van der Waals surface area contributed by atoms with Crippen molar-refractivity contribution in [3.8, 4) is 33.4 Å². The van der Waals surface area contributed by atoms with Gasteiger partial charge in [0, 0.05) is 16.8 Å².